The van der Waals surface area contributed by atoms with Crippen molar-refractivity contribution in [2.24, 2.45) is 0 Å². The Kier molecular flexibility index (Phi) is 4.49. The van der Waals surface area contributed by atoms with Gasteiger partial charge < -0.3 is 9.47 Å². The molecule has 1 aromatic carbocycles. The van der Waals surface area contributed by atoms with Crippen molar-refractivity contribution in [3.63, 3.8) is 0 Å². The van der Waals surface area contributed by atoms with E-state index in [-0.39, 0.29) is 0 Å². The third-order valence-electron chi connectivity index (χ3n) is 5.17. The molecule has 25 heavy (non-hydrogen) atoms. The Bertz CT molecular complexity index is 866. The van der Waals surface area contributed by atoms with Gasteiger partial charge in [0.25, 0.3) is 0 Å². The lowest BCUT2D eigenvalue weighted by atomic mass is 10.0. The Hall–Kier alpha value is -2.27. The van der Waals surface area contributed by atoms with Crippen molar-refractivity contribution in [1.82, 2.24) is 14.5 Å². The fraction of sp³-hybridized carbons (Fsp3) is 0.350. The van der Waals surface area contributed by atoms with E-state index in [1.165, 1.54) is 23.0 Å². The minimum Gasteiger partial charge on any atom is -0.344 e. The summed E-state index contributed by atoms with van der Waals surface area (Å²) in [5.74, 6) is -1.45. The number of fused-ring (bicyclic) bond motifs is 1. The summed E-state index contributed by atoms with van der Waals surface area (Å²) < 4.78 is 28.9. The van der Waals surface area contributed by atoms with Crippen molar-refractivity contribution in [3.8, 4) is 0 Å². The summed E-state index contributed by atoms with van der Waals surface area (Å²) in [6, 6.07) is 13.9. The van der Waals surface area contributed by atoms with Crippen LogP contribution in [0.4, 0.5) is 8.78 Å². The molecule has 1 aliphatic heterocycles. The van der Waals surface area contributed by atoms with Crippen molar-refractivity contribution in [1.29, 1.82) is 0 Å². The first-order chi connectivity index (χ1) is 12.2. The minimum absolute atomic E-state index is 0.486. The van der Waals surface area contributed by atoms with Gasteiger partial charge in [-0.15, -0.1) is 0 Å². The summed E-state index contributed by atoms with van der Waals surface area (Å²) in [6.07, 6.45) is 4.92. The van der Waals surface area contributed by atoms with Crippen molar-refractivity contribution < 1.29 is 8.78 Å². The average molecular weight is 341 g/mol. The van der Waals surface area contributed by atoms with Gasteiger partial charge in [0.05, 0.1) is 0 Å². The molecule has 0 radical (unpaired) electrons. The quantitative estimate of drug-likeness (QED) is 0.663. The fourth-order valence-corrected chi connectivity index (χ4v) is 3.75. The minimum atomic E-state index is -0.763. The Labute approximate surface area is 145 Å². The first-order valence-electron chi connectivity index (χ1n) is 8.79. The van der Waals surface area contributed by atoms with E-state index in [0.29, 0.717) is 18.0 Å². The second-order valence-electron chi connectivity index (χ2n) is 6.69. The molecule has 0 bridgehead atoms. The van der Waals surface area contributed by atoms with Gasteiger partial charge in [-0.1, -0.05) is 18.2 Å². The summed E-state index contributed by atoms with van der Waals surface area (Å²) in [4.78, 5) is 5.61. The number of hydrogen-bond acceptors (Lipinski definition) is 2. The molecule has 0 atom stereocenters. The predicted octanol–water partition coefficient (Wildman–Crippen LogP) is 4.19. The third kappa shape index (κ3) is 3.42. The van der Waals surface area contributed by atoms with Gasteiger partial charge in [0, 0.05) is 43.0 Å². The molecule has 130 valence electrons. The highest BCUT2D eigenvalue weighted by atomic mass is 19.1. The van der Waals surface area contributed by atoms with E-state index in [0.717, 1.165) is 32.5 Å². The third-order valence-corrected chi connectivity index (χ3v) is 5.17. The molecule has 3 aromatic rings. The number of likely N-dealkylation sites (tertiary alicyclic amines) is 1. The number of rotatable bonds is 4. The number of piperidine rings is 1. The van der Waals surface area contributed by atoms with Crippen LogP contribution in [0.3, 0.4) is 0 Å². The monoisotopic (exact) mass is 341 g/mol. The standard InChI is InChI=1S/C20H21F2N3/c21-19-6-5-16(20(22)23-19)7-11-24-12-9-17(10-13-24)25-14-8-15-3-1-2-4-18(15)25/h1-6,8,14,17H,7,9-13H2. The van der Waals surface area contributed by atoms with Crippen LogP contribution < -0.4 is 0 Å². The molecule has 0 aliphatic carbocycles. The molecule has 5 heteroatoms. The average Bonchev–Trinajstić information content (AvgIpc) is 3.06. The van der Waals surface area contributed by atoms with Gasteiger partial charge >= 0.3 is 0 Å². The van der Waals surface area contributed by atoms with E-state index >= 15 is 0 Å². The second-order valence-corrected chi connectivity index (χ2v) is 6.69. The zero-order valence-corrected chi connectivity index (χ0v) is 14.0. The number of benzene rings is 1. The van der Waals surface area contributed by atoms with Crippen molar-refractivity contribution >= 4 is 10.9 Å². The summed E-state index contributed by atoms with van der Waals surface area (Å²) in [5, 5.41) is 1.28. The van der Waals surface area contributed by atoms with Crippen molar-refractivity contribution in [2.75, 3.05) is 19.6 Å². The highest BCUT2D eigenvalue weighted by Gasteiger charge is 2.21. The number of halogens is 2. The number of aromatic nitrogens is 2. The van der Waals surface area contributed by atoms with Crippen LogP contribution in [0.5, 0.6) is 0 Å². The largest absolute Gasteiger partial charge is 0.344 e. The molecule has 0 amide bonds. The number of nitrogens with zero attached hydrogens (tertiary/aromatic N) is 3. The number of pyridine rings is 1. The zero-order chi connectivity index (χ0) is 17.2. The van der Waals surface area contributed by atoms with Crippen molar-refractivity contribution in [2.45, 2.75) is 25.3 Å². The Balaban J connectivity index is 1.35. The molecular formula is C20H21F2N3. The van der Waals surface area contributed by atoms with Gasteiger partial charge in [0.2, 0.25) is 11.9 Å². The molecule has 1 aliphatic rings. The van der Waals surface area contributed by atoms with Gasteiger partial charge in [0.1, 0.15) is 0 Å². The molecule has 0 N–H and O–H groups in total. The van der Waals surface area contributed by atoms with E-state index < -0.39 is 11.9 Å². The number of para-hydroxylation sites is 1. The van der Waals surface area contributed by atoms with Gasteiger partial charge in [-0.25, -0.2) is 0 Å². The molecule has 3 nitrogen and oxygen atoms in total. The smallest absolute Gasteiger partial charge is 0.218 e. The van der Waals surface area contributed by atoms with E-state index in [1.807, 2.05) is 0 Å². The van der Waals surface area contributed by atoms with Crippen LogP contribution in [0.25, 0.3) is 10.9 Å². The zero-order valence-electron chi connectivity index (χ0n) is 14.0. The van der Waals surface area contributed by atoms with Crippen LogP contribution in [0, 0.1) is 11.9 Å². The van der Waals surface area contributed by atoms with Crippen LogP contribution in [0.1, 0.15) is 24.4 Å². The first kappa shape index (κ1) is 16.2. The highest BCUT2D eigenvalue weighted by Crippen LogP contribution is 2.27. The predicted molar refractivity (Wildman–Crippen MR) is 94.5 cm³/mol. The van der Waals surface area contributed by atoms with E-state index in [1.54, 1.807) is 0 Å². The van der Waals surface area contributed by atoms with Gasteiger partial charge in [-0.3, -0.25) is 0 Å². The van der Waals surface area contributed by atoms with E-state index in [4.69, 9.17) is 0 Å². The lowest BCUT2D eigenvalue weighted by Gasteiger charge is -2.33. The molecule has 0 saturated carbocycles. The summed E-state index contributed by atoms with van der Waals surface area (Å²) in [7, 11) is 0. The molecule has 0 spiro atoms. The van der Waals surface area contributed by atoms with Crippen LogP contribution >= 0.6 is 0 Å². The maximum absolute atomic E-state index is 13.6. The van der Waals surface area contributed by atoms with Crippen LogP contribution in [0.15, 0.2) is 48.7 Å². The Morgan fingerprint density at radius 2 is 1.80 bits per heavy atom. The SMILES string of the molecule is Fc1ccc(CCN2CCC(n3ccc4ccccc43)CC2)c(F)n1. The molecule has 4 rings (SSSR count). The first-order valence-corrected chi connectivity index (χ1v) is 8.79. The van der Waals surface area contributed by atoms with E-state index in [2.05, 4.69) is 51.0 Å². The lowest BCUT2D eigenvalue weighted by Crippen LogP contribution is -2.36. The molecule has 1 fully saturated rings. The molecule has 0 unspecified atom stereocenters. The van der Waals surface area contributed by atoms with Crippen LogP contribution in [0.2, 0.25) is 0 Å². The normalized spacial score (nSPS) is 16.6. The highest BCUT2D eigenvalue weighted by molar-refractivity contribution is 5.80. The topological polar surface area (TPSA) is 21.1 Å². The van der Waals surface area contributed by atoms with Crippen molar-refractivity contribution in [3.05, 3.63) is 66.1 Å². The maximum Gasteiger partial charge on any atom is 0.218 e. The van der Waals surface area contributed by atoms with Gasteiger partial charge in [-0.05, 0) is 48.9 Å². The Morgan fingerprint density at radius 3 is 2.60 bits per heavy atom. The number of hydrogen-bond donors (Lipinski definition) is 0. The van der Waals surface area contributed by atoms with Gasteiger partial charge in [-0.2, -0.15) is 13.8 Å². The second kappa shape index (κ2) is 6.92. The van der Waals surface area contributed by atoms with Gasteiger partial charge in [0.15, 0.2) is 0 Å². The fourth-order valence-electron chi connectivity index (χ4n) is 3.75. The molecule has 2 aromatic heterocycles. The van der Waals surface area contributed by atoms with E-state index in [9.17, 15) is 8.78 Å². The summed E-state index contributed by atoms with van der Waals surface area (Å²) in [5.41, 5.74) is 1.78. The molecular weight excluding hydrogens is 320 g/mol. The van der Waals surface area contributed by atoms with Crippen LogP contribution in [-0.2, 0) is 6.42 Å². The summed E-state index contributed by atoms with van der Waals surface area (Å²) >= 11 is 0. The summed E-state index contributed by atoms with van der Waals surface area (Å²) in [6.45, 7) is 2.77. The lowest BCUT2D eigenvalue weighted by molar-refractivity contribution is 0.190. The van der Waals surface area contributed by atoms with Crippen LogP contribution in [-0.4, -0.2) is 34.1 Å². The maximum atomic E-state index is 13.6. The Morgan fingerprint density at radius 1 is 1.00 bits per heavy atom. The molecule has 3 heterocycles. The molecule has 1 saturated heterocycles.